The minimum absolute atomic E-state index is 0.0414. The van der Waals surface area contributed by atoms with E-state index in [1.54, 1.807) is 75.6 Å². The van der Waals surface area contributed by atoms with E-state index in [9.17, 15) is 18.0 Å². The Morgan fingerprint density at radius 1 is 0.951 bits per heavy atom. The van der Waals surface area contributed by atoms with Crippen LogP contribution in [-0.4, -0.2) is 51.4 Å². The molecule has 0 aliphatic rings. The summed E-state index contributed by atoms with van der Waals surface area (Å²) in [4.78, 5) is 28.6. The third kappa shape index (κ3) is 8.01. The molecule has 0 saturated carbocycles. The second kappa shape index (κ2) is 13.9. The zero-order valence-electron chi connectivity index (χ0n) is 24.3. The van der Waals surface area contributed by atoms with Crippen LogP contribution in [0.3, 0.4) is 0 Å². The zero-order valence-corrected chi connectivity index (χ0v) is 25.9. The van der Waals surface area contributed by atoms with Gasteiger partial charge in [-0.3, -0.25) is 13.9 Å². The molecule has 1 N–H and O–H groups in total. The summed E-state index contributed by atoms with van der Waals surface area (Å²) in [5, 5.41) is 3.25. The SMILES string of the molecule is COc1ccc(CN(C(=O)CN(c2cccc(Cl)c2C)S(=O)(=O)c2ccc(C)cc2)[C@H](C)C(=O)NCC(C)C)cc1. The number of amides is 2. The first-order chi connectivity index (χ1) is 19.3. The fraction of sp³-hybridized carbons (Fsp3) is 0.355. The number of halogens is 1. The molecule has 10 heteroatoms. The Balaban J connectivity index is 2.05. The van der Waals surface area contributed by atoms with Crippen LogP contribution in [0.1, 0.15) is 37.5 Å². The molecular formula is C31H38ClN3O5S. The van der Waals surface area contributed by atoms with Crippen molar-refractivity contribution in [1.82, 2.24) is 10.2 Å². The minimum atomic E-state index is -4.18. The molecule has 0 aliphatic carbocycles. The number of ether oxygens (including phenoxy) is 1. The van der Waals surface area contributed by atoms with Crippen LogP contribution in [0.25, 0.3) is 0 Å². The molecule has 0 spiro atoms. The van der Waals surface area contributed by atoms with Gasteiger partial charge in [0.15, 0.2) is 0 Å². The van der Waals surface area contributed by atoms with Crippen LogP contribution in [0.5, 0.6) is 5.75 Å². The van der Waals surface area contributed by atoms with Crippen molar-refractivity contribution >= 4 is 39.1 Å². The number of nitrogens with one attached hydrogen (secondary N) is 1. The molecule has 3 aromatic carbocycles. The number of aryl methyl sites for hydroxylation is 1. The van der Waals surface area contributed by atoms with Crippen molar-refractivity contribution in [3.05, 3.63) is 88.4 Å². The summed E-state index contributed by atoms with van der Waals surface area (Å²) >= 11 is 6.38. The third-order valence-electron chi connectivity index (χ3n) is 6.76. The highest BCUT2D eigenvalue weighted by atomic mass is 35.5. The molecule has 220 valence electrons. The lowest BCUT2D eigenvalue weighted by Crippen LogP contribution is -2.51. The normalized spacial score (nSPS) is 12.1. The molecule has 1 atom stereocenters. The second-order valence-electron chi connectivity index (χ2n) is 10.4. The van der Waals surface area contributed by atoms with Gasteiger partial charge in [0.05, 0.1) is 17.7 Å². The van der Waals surface area contributed by atoms with E-state index in [1.807, 2.05) is 20.8 Å². The van der Waals surface area contributed by atoms with Crippen molar-refractivity contribution in [3.63, 3.8) is 0 Å². The second-order valence-corrected chi connectivity index (χ2v) is 12.7. The maximum Gasteiger partial charge on any atom is 0.264 e. The van der Waals surface area contributed by atoms with E-state index in [0.717, 1.165) is 15.4 Å². The van der Waals surface area contributed by atoms with Gasteiger partial charge in [0.2, 0.25) is 11.8 Å². The van der Waals surface area contributed by atoms with Gasteiger partial charge in [0.25, 0.3) is 10.0 Å². The molecule has 2 amide bonds. The summed E-state index contributed by atoms with van der Waals surface area (Å²) in [5.74, 6) is 0.00880. The first kappa shape index (κ1) is 32.0. The van der Waals surface area contributed by atoms with Crippen LogP contribution in [-0.2, 0) is 26.2 Å². The van der Waals surface area contributed by atoms with Crippen molar-refractivity contribution in [1.29, 1.82) is 0 Å². The summed E-state index contributed by atoms with van der Waals surface area (Å²) in [6, 6.07) is 17.6. The van der Waals surface area contributed by atoms with Gasteiger partial charge in [-0.2, -0.15) is 0 Å². The Bertz CT molecular complexity index is 1460. The van der Waals surface area contributed by atoms with Crippen LogP contribution >= 0.6 is 11.6 Å². The van der Waals surface area contributed by atoms with Gasteiger partial charge in [-0.05, 0) is 74.2 Å². The Labute approximate surface area is 248 Å². The molecule has 0 unspecified atom stereocenters. The van der Waals surface area contributed by atoms with E-state index in [1.165, 1.54) is 17.0 Å². The van der Waals surface area contributed by atoms with Gasteiger partial charge in [0.1, 0.15) is 18.3 Å². The fourth-order valence-corrected chi connectivity index (χ4v) is 5.82. The fourth-order valence-electron chi connectivity index (χ4n) is 4.18. The highest BCUT2D eigenvalue weighted by Crippen LogP contribution is 2.31. The molecule has 3 aromatic rings. The quantitative estimate of drug-likeness (QED) is 0.303. The number of carbonyl (C=O) groups is 2. The number of hydrogen-bond acceptors (Lipinski definition) is 5. The van der Waals surface area contributed by atoms with E-state index < -0.39 is 28.5 Å². The molecule has 0 saturated heterocycles. The highest BCUT2D eigenvalue weighted by Gasteiger charge is 2.33. The predicted octanol–water partition coefficient (Wildman–Crippen LogP) is 5.35. The molecule has 0 bridgehead atoms. The van der Waals surface area contributed by atoms with E-state index in [2.05, 4.69) is 5.32 Å². The van der Waals surface area contributed by atoms with Crippen molar-refractivity contribution in [2.75, 3.05) is 24.5 Å². The number of rotatable bonds is 12. The topological polar surface area (TPSA) is 96.0 Å². The largest absolute Gasteiger partial charge is 0.497 e. The molecule has 0 heterocycles. The molecule has 0 fully saturated rings. The van der Waals surface area contributed by atoms with Crippen molar-refractivity contribution in [3.8, 4) is 5.75 Å². The van der Waals surface area contributed by atoms with Gasteiger partial charge < -0.3 is 15.0 Å². The lowest BCUT2D eigenvalue weighted by Gasteiger charge is -2.32. The lowest BCUT2D eigenvalue weighted by molar-refractivity contribution is -0.139. The van der Waals surface area contributed by atoms with Crippen molar-refractivity contribution < 1.29 is 22.7 Å². The van der Waals surface area contributed by atoms with Crippen LogP contribution < -0.4 is 14.4 Å². The Morgan fingerprint density at radius 3 is 2.17 bits per heavy atom. The first-order valence-electron chi connectivity index (χ1n) is 13.4. The number of carbonyl (C=O) groups excluding carboxylic acids is 2. The first-order valence-corrected chi connectivity index (χ1v) is 15.2. The molecule has 0 aliphatic heterocycles. The third-order valence-corrected chi connectivity index (χ3v) is 8.94. The average molecular weight is 600 g/mol. The summed E-state index contributed by atoms with van der Waals surface area (Å²) in [7, 11) is -2.62. The van der Waals surface area contributed by atoms with Gasteiger partial charge in [0, 0.05) is 18.1 Å². The van der Waals surface area contributed by atoms with Crippen LogP contribution in [0.4, 0.5) is 5.69 Å². The van der Waals surface area contributed by atoms with E-state index in [-0.39, 0.29) is 29.0 Å². The monoisotopic (exact) mass is 599 g/mol. The number of nitrogens with zero attached hydrogens (tertiary/aromatic N) is 2. The van der Waals surface area contributed by atoms with E-state index in [0.29, 0.717) is 22.9 Å². The summed E-state index contributed by atoms with van der Waals surface area (Å²) in [6.07, 6.45) is 0. The highest BCUT2D eigenvalue weighted by molar-refractivity contribution is 7.92. The number of methoxy groups -OCH3 is 1. The van der Waals surface area contributed by atoms with Gasteiger partial charge in [-0.25, -0.2) is 8.42 Å². The maximum atomic E-state index is 14.0. The van der Waals surface area contributed by atoms with Gasteiger partial charge in [-0.1, -0.05) is 61.3 Å². The number of anilines is 1. The lowest BCUT2D eigenvalue weighted by atomic mass is 10.1. The smallest absolute Gasteiger partial charge is 0.264 e. The zero-order chi connectivity index (χ0) is 30.3. The van der Waals surface area contributed by atoms with Crippen LogP contribution in [0.2, 0.25) is 5.02 Å². The van der Waals surface area contributed by atoms with Crippen LogP contribution in [0, 0.1) is 19.8 Å². The number of benzene rings is 3. The molecule has 0 radical (unpaired) electrons. The minimum Gasteiger partial charge on any atom is -0.497 e. The molecule has 3 rings (SSSR count). The molecular weight excluding hydrogens is 562 g/mol. The molecule has 41 heavy (non-hydrogen) atoms. The summed E-state index contributed by atoms with van der Waals surface area (Å²) < 4.78 is 34.3. The predicted molar refractivity (Wildman–Crippen MR) is 163 cm³/mol. The Hall–Kier alpha value is -3.56. The number of hydrogen-bond donors (Lipinski definition) is 1. The standard InChI is InChI=1S/C31H38ClN3O5S/c1-21(2)18-33-31(37)24(5)34(19-25-12-14-26(40-6)15-13-25)30(36)20-35(29-9-7-8-28(32)23(29)4)41(38,39)27-16-10-22(3)11-17-27/h7-17,21,24H,18-20H2,1-6H3,(H,33,37)/t24-/m1/s1. The average Bonchev–Trinajstić information content (AvgIpc) is 2.95. The van der Waals surface area contributed by atoms with Crippen molar-refractivity contribution in [2.45, 2.75) is 52.1 Å². The number of sulfonamides is 1. The molecule has 0 aromatic heterocycles. The van der Waals surface area contributed by atoms with E-state index in [4.69, 9.17) is 16.3 Å². The Kier molecular flexibility index (Phi) is 10.8. The van der Waals surface area contributed by atoms with Gasteiger partial charge >= 0.3 is 0 Å². The van der Waals surface area contributed by atoms with Gasteiger partial charge in [-0.15, -0.1) is 0 Å². The van der Waals surface area contributed by atoms with Crippen molar-refractivity contribution in [2.24, 2.45) is 5.92 Å². The summed E-state index contributed by atoms with van der Waals surface area (Å²) in [5.41, 5.74) is 2.46. The molecule has 8 nitrogen and oxygen atoms in total. The Morgan fingerprint density at radius 2 is 1.59 bits per heavy atom. The summed E-state index contributed by atoms with van der Waals surface area (Å²) in [6.45, 7) is 9.17. The van der Waals surface area contributed by atoms with Crippen LogP contribution in [0.15, 0.2) is 71.6 Å². The van der Waals surface area contributed by atoms with E-state index >= 15 is 0 Å². The maximum absolute atomic E-state index is 14.0.